The number of benzene rings is 2. The van der Waals surface area contributed by atoms with Crippen LogP contribution in [0.5, 0.6) is 0 Å². The molecule has 3 aliphatic rings. The lowest BCUT2D eigenvalue weighted by atomic mass is 9.87. The van der Waals surface area contributed by atoms with Gasteiger partial charge in [-0.05, 0) is 49.9 Å². The van der Waals surface area contributed by atoms with Gasteiger partial charge in [-0.3, -0.25) is 0 Å². The first-order chi connectivity index (χ1) is 16.2. The molecule has 7 heteroatoms. The molecule has 0 bridgehead atoms. The van der Waals surface area contributed by atoms with Crippen LogP contribution in [0.2, 0.25) is 0 Å². The summed E-state index contributed by atoms with van der Waals surface area (Å²) in [6.45, 7) is -0.0902. The molecule has 2 aromatic rings. The molecule has 2 spiro atoms. The molecule has 4 atom stereocenters. The maximum Gasteiger partial charge on any atom is 0.334 e. The van der Waals surface area contributed by atoms with Gasteiger partial charge in [-0.25, -0.2) is 4.79 Å². The summed E-state index contributed by atoms with van der Waals surface area (Å²) in [5.74, 6) is -0.948. The van der Waals surface area contributed by atoms with Crippen LogP contribution in [-0.4, -0.2) is 47.9 Å². The Kier molecular flexibility index (Phi) is 7.33. The lowest BCUT2D eigenvalue weighted by Crippen LogP contribution is -2.69. The van der Waals surface area contributed by atoms with E-state index in [2.05, 4.69) is 24.3 Å². The highest BCUT2D eigenvalue weighted by Gasteiger charge is 2.64. The van der Waals surface area contributed by atoms with Crippen molar-refractivity contribution in [3.8, 4) is 0 Å². The van der Waals surface area contributed by atoms with Crippen LogP contribution in [0.3, 0.4) is 0 Å². The molecule has 3 heterocycles. The van der Waals surface area contributed by atoms with Gasteiger partial charge in [0.05, 0.1) is 12.2 Å². The van der Waals surface area contributed by atoms with Crippen molar-refractivity contribution < 1.29 is 23.7 Å². The first-order valence-electron chi connectivity index (χ1n) is 11.7. The molecule has 3 aliphatic heterocycles. The third-order valence-electron chi connectivity index (χ3n) is 6.42. The van der Waals surface area contributed by atoms with Gasteiger partial charge < -0.3 is 18.9 Å². The van der Waals surface area contributed by atoms with Crippen molar-refractivity contribution in [2.24, 2.45) is 0 Å². The number of rotatable bonds is 6. The number of carbonyl (C=O) groups is 1. The molecule has 4 unspecified atom stereocenters. The van der Waals surface area contributed by atoms with Crippen molar-refractivity contribution >= 4 is 29.5 Å². The first-order valence-corrected chi connectivity index (χ1v) is 13.7. The normalized spacial score (nSPS) is 32.1. The summed E-state index contributed by atoms with van der Waals surface area (Å²) in [7, 11) is 0. The second-order valence-corrected chi connectivity index (χ2v) is 11.0. The highest BCUT2D eigenvalue weighted by atomic mass is 32.2. The fourth-order valence-corrected chi connectivity index (χ4v) is 6.79. The third-order valence-corrected chi connectivity index (χ3v) is 8.71. The van der Waals surface area contributed by atoms with Crippen molar-refractivity contribution in [2.75, 3.05) is 18.1 Å². The Balaban J connectivity index is 1.29. The predicted molar refractivity (Wildman–Crippen MR) is 129 cm³/mol. The first kappa shape index (κ1) is 23.2. The monoisotopic (exact) mass is 486 g/mol. The smallest absolute Gasteiger partial charge is 0.334 e. The minimum atomic E-state index is -1.17. The van der Waals surface area contributed by atoms with Gasteiger partial charge in [0.25, 0.3) is 5.79 Å². The molecular formula is C26H30O5S2. The molecule has 3 saturated heterocycles. The number of hydrogen-bond acceptors (Lipinski definition) is 7. The molecule has 0 saturated carbocycles. The van der Waals surface area contributed by atoms with Crippen molar-refractivity contribution in [1.82, 2.24) is 0 Å². The zero-order valence-corrected chi connectivity index (χ0v) is 20.3. The van der Waals surface area contributed by atoms with Crippen LogP contribution in [0.4, 0.5) is 0 Å². The Hall–Kier alpha value is -1.51. The van der Waals surface area contributed by atoms with Crippen LogP contribution in [0, 0.1) is 0 Å². The number of hydrogen-bond donors (Lipinski definition) is 0. The third kappa shape index (κ3) is 5.28. The van der Waals surface area contributed by atoms with Crippen molar-refractivity contribution in [1.29, 1.82) is 0 Å². The highest BCUT2D eigenvalue weighted by molar-refractivity contribution is 7.99. The van der Waals surface area contributed by atoms with Gasteiger partial charge in [-0.1, -0.05) is 36.4 Å². The summed E-state index contributed by atoms with van der Waals surface area (Å²) in [6, 6.07) is 20.7. The average molecular weight is 487 g/mol. The van der Waals surface area contributed by atoms with E-state index in [0.717, 1.165) is 37.2 Å². The van der Waals surface area contributed by atoms with Crippen molar-refractivity contribution in [2.45, 2.75) is 72.1 Å². The molecule has 33 heavy (non-hydrogen) atoms. The maximum absolute atomic E-state index is 12.3. The van der Waals surface area contributed by atoms with E-state index >= 15 is 0 Å². The Morgan fingerprint density at radius 2 is 1.27 bits per heavy atom. The fourth-order valence-electron chi connectivity index (χ4n) is 4.86. The van der Waals surface area contributed by atoms with Crippen LogP contribution >= 0.6 is 23.5 Å². The average Bonchev–Trinajstić information content (AvgIpc) is 2.86. The molecule has 0 amide bonds. The summed E-state index contributed by atoms with van der Waals surface area (Å²) in [6.07, 6.45) is 5.01. The molecule has 5 nitrogen and oxygen atoms in total. The molecule has 0 aromatic heterocycles. The minimum absolute atomic E-state index is 0.0142. The zero-order chi connectivity index (χ0) is 22.6. The van der Waals surface area contributed by atoms with E-state index in [-0.39, 0.29) is 24.8 Å². The summed E-state index contributed by atoms with van der Waals surface area (Å²) in [5, 5.41) is 0. The highest BCUT2D eigenvalue weighted by Crippen LogP contribution is 2.49. The Morgan fingerprint density at radius 1 is 0.758 bits per heavy atom. The number of fused-ring (bicyclic) bond motifs is 1. The van der Waals surface area contributed by atoms with Gasteiger partial charge >= 0.3 is 5.97 Å². The molecule has 2 aromatic carbocycles. The van der Waals surface area contributed by atoms with Crippen LogP contribution in [-0.2, 0) is 23.7 Å². The molecule has 0 N–H and O–H groups in total. The minimum Gasteiger partial charge on any atom is -0.425 e. The van der Waals surface area contributed by atoms with Crippen molar-refractivity contribution in [3.05, 3.63) is 60.7 Å². The molecule has 5 rings (SSSR count). The SMILES string of the molecule is O=C1COC2(CCCC(CSc3ccccc3)O2)C2(CCCC(CSc3ccccc3)O2)O1. The number of esters is 1. The maximum atomic E-state index is 12.3. The molecule has 3 fully saturated rings. The molecular weight excluding hydrogens is 456 g/mol. The van der Waals surface area contributed by atoms with Crippen molar-refractivity contribution in [3.63, 3.8) is 0 Å². The van der Waals surface area contributed by atoms with E-state index in [1.807, 2.05) is 36.4 Å². The predicted octanol–water partition coefficient (Wildman–Crippen LogP) is 5.68. The van der Waals surface area contributed by atoms with E-state index in [1.165, 1.54) is 9.79 Å². The van der Waals surface area contributed by atoms with E-state index in [1.54, 1.807) is 23.5 Å². The topological polar surface area (TPSA) is 54.0 Å². The summed E-state index contributed by atoms with van der Waals surface area (Å²) < 4.78 is 25.4. The van der Waals surface area contributed by atoms with Gasteiger partial charge in [0.2, 0.25) is 5.79 Å². The lowest BCUT2D eigenvalue weighted by molar-refractivity contribution is -0.446. The van der Waals surface area contributed by atoms with Crippen LogP contribution < -0.4 is 0 Å². The largest absolute Gasteiger partial charge is 0.425 e. The van der Waals surface area contributed by atoms with E-state index in [4.69, 9.17) is 18.9 Å². The zero-order valence-electron chi connectivity index (χ0n) is 18.6. The van der Waals surface area contributed by atoms with Gasteiger partial charge in [0.15, 0.2) is 0 Å². The standard InChI is InChI=1S/C26H30O5S2/c27-24-17-28-25(15-7-9-20(29-25)18-32-22-11-3-1-4-12-22)26(31-24)16-8-10-21(30-26)19-33-23-13-5-2-6-14-23/h1-6,11-14,20-21H,7-10,15-19H2. The Morgan fingerprint density at radius 3 is 1.85 bits per heavy atom. The summed E-state index contributed by atoms with van der Waals surface area (Å²) in [5.41, 5.74) is 0. The van der Waals surface area contributed by atoms with Crippen LogP contribution in [0.15, 0.2) is 70.5 Å². The number of thioether (sulfide) groups is 2. The molecule has 0 radical (unpaired) electrons. The second kappa shape index (κ2) is 10.4. The van der Waals surface area contributed by atoms with Gasteiger partial charge in [0, 0.05) is 34.1 Å². The summed E-state index contributed by atoms with van der Waals surface area (Å²) >= 11 is 3.55. The van der Waals surface area contributed by atoms with E-state index in [9.17, 15) is 4.79 Å². The Bertz CT molecular complexity index is 927. The van der Waals surface area contributed by atoms with Gasteiger partial charge in [-0.2, -0.15) is 0 Å². The second-order valence-electron chi connectivity index (χ2n) is 8.78. The van der Waals surface area contributed by atoms with Crippen LogP contribution in [0.25, 0.3) is 0 Å². The van der Waals surface area contributed by atoms with Gasteiger partial charge in [-0.15, -0.1) is 23.5 Å². The fraction of sp³-hybridized carbons (Fsp3) is 0.500. The van der Waals surface area contributed by atoms with E-state index < -0.39 is 11.6 Å². The number of carbonyl (C=O) groups excluding carboxylic acids is 1. The molecule has 176 valence electrons. The number of ether oxygens (including phenoxy) is 4. The lowest BCUT2D eigenvalue weighted by Gasteiger charge is -2.55. The Labute approximate surface area is 203 Å². The molecule has 0 aliphatic carbocycles. The quantitative estimate of drug-likeness (QED) is 0.385. The van der Waals surface area contributed by atoms with Gasteiger partial charge in [0.1, 0.15) is 6.61 Å². The summed E-state index contributed by atoms with van der Waals surface area (Å²) in [4.78, 5) is 14.8. The van der Waals surface area contributed by atoms with E-state index in [0.29, 0.717) is 12.8 Å². The van der Waals surface area contributed by atoms with Crippen LogP contribution in [0.1, 0.15) is 38.5 Å².